The van der Waals surface area contributed by atoms with Gasteiger partial charge in [-0.25, -0.2) is 26.0 Å². The van der Waals surface area contributed by atoms with Crippen LogP contribution in [0.3, 0.4) is 0 Å². The van der Waals surface area contributed by atoms with Gasteiger partial charge in [-0.05, 0) is 35.1 Å². The Morgan fingerprint density at radius 2 is 0.757 bits per heavy atom. The van der Waals surface area contributed by atoms with Crippen molar-refractivity contribution < 1.29 is 61.4 Å². The number of pyridine rings is 4. The molecule has 0 N–H and O–H groups in total. The fourth-order valence-corrected chi connectivity index (χ4v) is 8.43. The Morgan fingerprint density at radius 1 is 0.473 bits per heavy atom. The summed E-state index contributed by atoms with van der Waals surface area (Å²) in [5, 5.41) is 2.34. The first-order valence-corrected chi connectivity index (χ1v) is 25.9. The number of nitrogens with zero attached hydrogens (tertiary/aromatic N) is 6. The minimum absolute atomic E-state index is 1.01. The highest BCUT2D eigenvalue weighted by molar-refractivity contribution is 7.86. The molecule has 20 heteroatoms. The van der Waals surface area contributed by atoms with Crippen LogP contribution in [-0.4, -0.2) is 55.7 Å². The van der Waals surface area contributed by atoms with Gasteiger partial charge >= 0.3 is 11.0 Å². The maximum atomic E-state index is 10.7. The average molecular weight is 1060 g/mol. The normalized spacial score (nSPS) is 11.9. The number of alkyl halides is 6. The molecule has 0 aliphatic rings. The lowest BCUT2D eigenvalue weighted by molar-refractivity contribution is -0.671. The minimum Gasteiger partial charge on any atom is -0.741 e. The zero-order valence-corrected chi connectivity index (χ0v) is 41.4. The van der Waals surface area contributed by atoms with Crippen molar-refractivity contribution in [3.8, 4) is 44.5 Å². The van der Waals surface area contributed by atoms with E-state index in [2.05, 4.69) is 200 Å². The van der Waals surface area contributed by atoms with Gasteiger partial charge in [0.1, 0.15) is 35.8 Å². The highest BCUT2D eigenvalue weighted by Gasteiger charge is 2.37. The molecule has 0 unspecified atom stereocenters. The second-order valence-electron chi connectivity index (χ2n) is 16.6. The Kier molecular flexibility index (Phi) is 17.0. The quantitative estimate of drug-likeness (QED) is 0.0567. The Morgan fingerprint density at radius 3 is 1.03 bits per heavy atom. The fraction of sp³-hybridized carbons (Fsp3) is 0.185. The molecule has 74 heavy (non-hydrogen) atoms. The van der Waals surface area contributed by atoms with E-state index in [1.807, 2.05) is 24.8 Å². The lowest BCUT2D eigenvalue weighted by Crippen LogP contribution is -2.32. The molecule has 10 aromatic rings. The van der Waals surface area contributed by atoms with Crippen LogP contribution in [0.5, 0.6) is 0 Å². The number of aryl methyl sites for hydroxylation is 2. The van der Waals surface area contributed by atoms with E-state index in [0.717, 1.165) is 25.9 Å². The summed E-state index contributed by atoms with van der Waals surface area (Å²) >= 11 is 0. The lowest BCUT2D eigenvalue weighted by atomic mass is 9.92. The standard InChI is InChI=1S/2C26H24N3.2CHF3O3S/c2*1-2-3-16-28-17-18-29-23-14-15-27-19-22(23)24(20-10-6-4-7-11-20)25(26(28)29)21-12-8-5-9-13-21;2*2-1(3,4)8(5,6)7/h2*4-15,17-19H,2-3,16H2,1H3;2*(H,5,6,7)/q2*+1;;/p-2. The average Bonchev–Trinajstić information content (AvgIpc) is 4.02. The number of fused-ring (bicyclic) bond motifs is 6. The molecule has 6 heterocycles. The second-order valence-corrected chi connectivity index (χ2v) is 19.4. The number of unbranched alkanes of at least 4 members (excludes halogenated alkanes) is 2. The van der Waals surface area contributed by atoms with Crippen molar-refractivity contribution in [2.75, 3.05) is 0 Å². The molecule has 6 aromatic heterocycles. The van der Waals surface area contributed by atoms with Crippen molar-refractivity contribution in [2.45, 2.75) is 63.6 Å². The van der Waals surface area contributed by atoms with Gasteiger partial charge < -0.3 is 9.11 Å². The maximum Gasteiger partial charge on any atom is 0.485 e. The first-order valence-electron chi connectivity index (χ1n) is 23.1. The summed E-state index contributed by atoms with van der Waals surface area (Å²) in [6, 6.07) is 47.1. The number of imidazole rings is 2. The van der Waals surface area contributed by atoms with Gasteiger partial charge in [-0.15, -0.1) is 0 Å². The lowest BCUT2D eigenvalue weighted by Gasteiger charge is -2.14. The minimum atomic E-state index is -6.09. The van der Waals surface area contributed by atoms with Crippen molar-refractivity contribution in [1.82, 2.24) is 18.8 Å². The summed E-state index contributed by atoms with van der Waals surface area (Å²) < 4.78 is 127. The Bertz CT molecular complexity index is 3480. The number of benzene rings is 4. The molecule has 0 saturated carbocycles. The summed E-state index contributed by atoms with van der Waals surface area (Å²) in [4.78, 5) is 8.95. The molecule has 0 atom stereocenters. The first-order chi connectivity index (χ1) is 35.3. The van der Waals surface area contributed by atoms with Gasteiger partial charge in [-0.1, -0.05) is 148 Å². The van der Waals surface area contributed by atoms with Crippen LogP contribution in [0, 0.1) is 0 Å². The van der Waals surface area contributed by atoms with E-state index in [1.54, 1.807) is 0 Å². The fourth-order valence-electron chi connectivity index (χ4n) is 8.43. The van der Waals surface area contributed by atoms with Crippen LogP contribution < -0.4 is 9.13 Å². The van der Waals surface area contributed by atoms with E-state index in [0.29, 0.717) is 0 Å². The van der Waals surface area contributed by atoms with Crippen molar-refractivity contribution >= 4 is 53.3 Å². The van der Waals surface area contributed by atoms with Crippen molar-refractivity contribution in [3.05, 3.63) is 183 Å². The van der Waals surface area contributed by atoms with Crippen LogP contribution >= 0.6 is 0 Å². The number of halogens is 6. The zero-order valence-electron chi connectivity index (χ0n) is 39.8. The predicted octanol–water partition coefficient (Wildman–Crippen LogP) is 11.9. The molecule has 0 spiro atoms. The topological polar surface area (TPSA) is 157 Å². The molecular formula is C54H48F6N6O6S2. The maximum absolute atomic E-state index is 10.7. The monoisotopic (exact) mass is 1050 g/mol. The van der Waals surface area contributed by atoms with Gasteiger partial charge in [-0.2, -0.15) is 35.1 Å². The number of hydrogen-bond donors (Lipinski definition) is 0. The van der Waals surface area contributed by atoms with E-state index in [1.165, 1.54) is 90.4 Å². The van der Waals surface area contributed by atoms with Crippen LogP contribution in [0.4, 0.5) is 26.3 Å². The molecule has 0 bridgehead atoms. The SMILES string of the molecule is CCCC[n+]1ccn2c3ccncc3c(-c3ccccc3)c(-c3ccccc3)c21.CCCC[n+]1ccn2c3ccncc3c(-c3ccccc3)c(-c3ccccc3)c21.O=S(=O)([O-])C(F)(F)F.O=S(=O)([O-])C(F)(F)F. The molecule has 0 saturated heterocycles. The Balaban J connectivity index is 0.000000168. The van der Waals surface area contributed by atoms with E-state index in [9.17, 15) is 26.3 Å². The van der Waals surface area contributed by atoms with Crippen molar-refractivity contribution in [3.63, 3.8) is 0 Å². The van der Waals surface area contributed by atoms with Crippen molar-refractivity contribution in [1.29, 1.82) is 0 Å². The largest absolute Gasteiger partial charge is 0.741 e. The predicted molar refractivity (Wildman–Crippen MR) is 269 cm³/mol. The summed E-state index contributed by atoms with van der Waals surface area (Å²) in [5.41, 5.74) is 3.46. The van der Waals surface area contributed by atoms with Crippen molar-refractivity contribution in [2.24, 2.45) is 0 Å². The Hall–Kier alpha value is -7.52. The number of hydrogen-bond acceptors (Lipinski definition) is 8. The molecule has 0 amide bonds. The van der Waals surface area contributed by atoms with Crippen LogP contribution in [0.1, 0.15) is 39.5 Å². The third kappa shape index (κ3) is 12.1. The van der Waals surface area contributed by atoms with Crippen LogP contribution in [-0.2, 0) is 33.3 Å². The van der Waals surface area contributed by atoms with Gasteiger partial charge in [0.25, 0.3) is 11.3 Å². The zero-order chi connectivity index (χ0) is 53.3. The molecule has 384 valence electrons. The van der Waals surface area contributed by atoms with Crippen LogP contribution in [0.2, 0.25) is 0 Å². The molecule has 0 radical (unpaired) electrons. The Labute approximate surface area is 423 Å². The number of rotatable bonds is 10. The summed E-state index contributed by atoms with van der Waals surface area (Å²) in [6.45, 7) is 6.51. The molecule has 0 fully saturated rings. The second kappa shape index (κ2) is 23.1. The highest BCUT2D eigenvalue weighted by Crippen LogP contribution is 2.42. The summed E-state index contributed by atoms with van der Waals surface area (Å²) in [6.07, 6.45) is 21.2. The summed E-state index contributed by atoms with van der Waals surface area (Å²) in [5.74, 6) is 0. The van der Waals surface area contributed by atoms with Gasteiger partial charge in [0.15, 0.2) is 20.2 Å². The van der Waals surface area contributed by atoms with E-state index < -0.39 is 31.3 Å². The van der Waals surface area contributed by atoms with E-state index in [-0.39, 0.29) is 0 Å². The van der Waals surface area contributed by atoms with Gasteiger partial charge in [0.05, 0.1) is 24.2 Å². The van der Waals surface area contributed by atoms with Crippen LogP contribution in [0.25, 0.3) is 77.6 Å². The van der Waals surface area contributed by atoms with Gasteiger partial charge in [-0.3, -0.25) is 9.97 Å². The molecule has 0 aliphatic heterocycles. The first kappa shape index (κ1) is 54.3. The van der Waals surface area contributed by atoms with Gasteiger partial charge in [0, 0.05) is 58.8 Å². The van der Waals surface area contributed by atoms with E-state index in [4.69, 9.17) is 25.9 Å². The third-order valence-corrected chi connectivity index (χ3v) is 12.8. The molecule has 12 nitrogen and oxygen atoms in total. The number of aromatic nitrogens is 6. The van der Waals surface area contributed by atoms with Crippen LogP contribution in [0.15, 0.2) is 183 Å². The third-order valence-electron chi connectivity index (χ3n) is 11.7. The molecular weight excluding hydrogens is 1010 g/mol. The molecule has 10 rings (SSSR count). The summed E-state index contributed by atoms with van der Waals surface area (Å²) in [7, 11) is -12.2. The van der Waals surface area contributed by atoms with E-state index >= 15 is 0 Å². The van der Waals surface area contributed by atoms with Gasteiger partial charge in [0.2, 0.25) is 0 Å². The highest BCUT2D eigenvalue weighted by atomic mass is 32.2. The molecule has 4 aromatic carbocycles. The smallest absolute Gasteiger partial charge is 0.485 e. The molecule has 0 aliphatic carbocycles.